The highest BCUT2D eigenvalue weighted by Crippen LogP contribution is 2.24. The topological polar surface area (TPSA) is 84.1 Å². The van der Waals surface area contributed by atoms with Crippen LogP contribution in [0.5, 0.6) is 0 Å². The number of alkyl halides is 3. The molecule has 1 heterocycles. The van der Waals surface area contributed by atoms with Crippen LogP contribution in [0.15, 0.2) is 6.33 Å². The number of aromatic nitrogens is 2. The first-order valence-corrected chi connectivity index (χ1v) is 4.44. The number of nitrogens with zero attached hydrogens (tertiary/aromatic N) is 2. The number of nitrogens with one attached hydrogen (secondary N) is 1. The lowest BCUT2D eigenvalue weighted by Crippen LogP contribution is -2.35. The summed E-state index contributed by atoms with van der Waals surface area (Å²) in [5.41, 5.74) is 5.32. The molecule has 0 radical (unpaired) electrons. The number of rotatable bonds is 3. The van der Waals surface area contributed by atoms with Crippen molar-refractivity contribution in [1.82, 2.24) is 9.97 Å². The Kier molecular flexibility index (Phi) is 3.76. The fraction of sp³-hybridized carbons (Fsp3) is 0.429. The number of halogens is 4. The van der Waals surface area contributed by atoms with E-state index in [1.165, 1.54) is 0 Å². The summed E-state index contributed by atoms with van der Waals surface area (Å²) >= 11 is 5.52. The zero-order valence-electron chi connectivity index (χ0n) is 7.79. The summed E-state index contributed by atoms with van der Waals surface area (Å²) in [5, 5.41) is 10.9. The predicted molar refractivity (Wildman–Crippen MR) is 52.0 cm³/mol. The van der Waals surface area contributed by atoms with Crippen LogP contribution in [-0.4, -0.2) is 33.9 Å². The van der Waals surface area contributed by atoms with Crippen molar-refractivity contribution in [3.63, 3.8) is 0 Å². The quantitative estimate of drug-likeness (QED) is 0.704. The van der Waals surface area contributed by atoms with Gasteiger partial charge in [-0.3, -0.25) is 0 Å². The van der Waals surface area contributed by atoms with E-state index in [9.17, 15) is 13.2 Å². The van der Waals surface area contributed by atoms with Crippen LogP contribution in [0, 0.1) is 0 Å². The first-order chi connectivity index (χ1) is 7.32. The van der Waals surface area contributed by atoms with Crippen molar-refractivity contribution in [1.29, 1.82) is 0 Å². The monoisotopic (exact) mass is 256 g/mol. The molecule has 1 atom stereocenters. The van der Waals surface area contributed by atoms with Gasteiger partial charge in [0.15, 0.2) is 17.1 Å². The number of aliphatic hydroxyl groups is 1. The Bertz CT molecular complexity index is 373. The van der Waals surface area contributed by atoms with Gasteiger partial charge < -0.3 is 16.2 Å². The Hall–Kier alpha value is -1.28. The molecular weight excluding hydrogens is 249 g/mol. The van der Waals surface area contributed by atoms with Crippen LogP contribution in [0.2, 0.25) is 5.15 Å². The van der Waals surface area contributed by atoms with E-state index in [0.717, 1.165) is 6.33 Å². The number of nitrogens with two attached hydrogens (primary N) is 1. The smallest absolute Gasteiger partial charge is 0.393 e. The van der Waals surface area contributed by atoms with Crippen molar-refractivity contribution < 1.29 is 18.3 Å². The number of aliphatic hydroxyl groups excluding tert-OH is 1. The molecule has 0 aromatic carbocycles. The average molecular weight is 257 g/mol. The molecular formula is C7H8ClF3N4O. The molecule has 0 aliphatic rings. The van der Waals surface area contributed by atoms with Crippen LogP contribution in [-0.2, 0) is 0 Å². The predicted octanol–water partition coefficient (Wildman–Crippen LogP) is 1.05. The van der Waals surface area contributed by atoms with Gasteiger partial charge in [0.25, 0.3) is 0 Å². The van der Waals surface area contributed by atoms with Crippen molar-refractivity contribution >= 4 is 23.1 Å². The maximum absolute atomic E-state index is 12.0. The second kappa shape index (κ2) is 4.71. The fourth-order valence-electron chi connectivity index (χ4n) is 0.824. The maximum atomic E-state index is 12.0. The molecule has 0 bridgehead atoms. The molecule has 0 spiro atoms. The van der Waals surface area contributed by atoms with Gasteiger partial charge in [-0.2, -0.15) is 13.2 Å². The Morgan fingerprint density at radius 2 is 2.12 bits per heavy atom. The van der Waals surface area contributed by atoms with E-state index in [-0.39, 0.29) is 16.7 Å². The van der Waals surface area contributed by atoms with Gasteiger partial charge >= 0.3 is 6.18 Å². The zero-order valence-corrected chi connectivity index (χ0v) is 8.55. The highest BCUT2D eigenvalue weighted by atomic mass is 35.5. The van der Waals surface area contributed by atoms with Crippen molar-refractivity contribution in [3.05, 3.63) is 11.5 Å². The number of hydrogen-bond donors (Lipinski definition) is 3. The third-order valence-electron chi connectivity index (χ3n) is 1.68. The molecule has 1 aromatic rings. The summed E-state index contributed by atoms with van der Waals surface area (Å²) < 4.78 is 35.9. The molecule has 4 N–H and O–H groups in total. The summed E-state index contributed by atoms with van der Waals surface area (Å²) in [7, 11) is 0. The highest BCUT2D eigenvalue weighted by molar-refractivity contribution is 6.32. The largest absolute Gasteiger partial charge is 0.416 e. The summed E-state index contributed by atoms with van der Waals surface area (Å²) in [5.74, 6) is -0.0525. The van der Waals surface area contributed by atoms with Gasteiger partial charge in [0.2, 0.25) is 0 Å². The second-order valence-electron chi connectivity index (χ2n) is 2.87. The van der Waals surface area contributed by atoms with Gasteiger partial charge in [0, 0.05) is 0 Å². The van der Waals surface area contributed by atoms with Crippen LogP contribution in [0.1, 0.15) is 0 Å². The van der Waals surface area contributed by atoms with Gasteiger partial charge in [0.05, 0.1) is 6.54 Å². The van der Waals surface area contributed by atoms with Gasteiger partial charge in [-0.15, -0.1) is 0 Å². The fourth-order valence-corrected chi connectivity index (χ4v) is 0.957. The van der Waals surface area contributed by atoms with E-state index in [4.69, 9.17) is 22.4 Å². The maximum Gasteiger partial charge on any atom is 0.416 e. The second-order valence-corrected chi connectivity index (χ2v) is 3.22. The Morgan fingerprint density at radius 1 is 1.50 bits per heavy atom. The molecule has 0 saturated heterocycles. The summed E-state index contributed by atoms with van der Waals surface area (Å²) in [6.45, 7) is -0.763. The normalized spacial score (nSPS) is 13.6. The summed E-state index contributed by atoms with van der Waals surface area (Å²) in [4.78, 5) is 7.10. The van der Waals surface area contributed by atoms with Crippen LogP contribution < -0.4 is 11.1 Å². The third kappa shape index (κ3) is 3.11. The average Bonchev–Trinajstić information content (AvgIpc) is 2.18. The lowest BCUT2D eigenvalue weighted by atomic mass is 10.3. The van der Waals surface area contributed by atoms with Crippen LogP contribution in [0.25, 0.3) is 0 Å². The lowest BCUT2D eigenvalue weighted by Gasteiger charge is -2.15. The molecule has 5 nitrogen and oxygen atoms in total. The van der Waals surface area contributed by atoms with Crippen LogP contribution >= 0.6 is 11.6 Å². The standard InChI is InChI=1S/C7H8ClF3N4O/c8-5-4(12)6(15-2-14-5)13-1-3(16)7(9,10)11/h2-3,16H,1,12H2,(H,13,14,15). The molecule has 90 valence electrons. The lowest BCUT2D eigenvalue weighted by molar-refractivity contribution is -0.198. The van der Waals surface area contributed by atoms with E-state index in [2.05, 4.69) is 15.3 Å². The van der Waals surface area contributed by atoms with Crippen LogP contribution in [0.4, 0.5) is 24.7 Å². The van der Waals surface area contributed by atoms with Crippen molar-refractivity contribution in [2.45, 2.75) is 12.3 Å². The number of hydrogen-bond acceptors (Lipinski definition) is 5. The van der Waals surface area contributed by atoms with Crippen molar-refractivity contribution in [2.75, 3.05) is 17.6 Å². The van der Waals surface area contributed by atoms with Gasteiger partial charge in [-0.05, 0) is 0 Å². The van der Waals surface area contributed by atoms with Gasteiger partial charge in [-0.1, -0.05) is 11.6 Å². The van der Waals surface area contributed by atoms with Crippen molar-refractivity contribution in [3.8, 4) is 0 Å². The minimum atomic E-state index is -4.70. The van der Waals surface area contributed by atoms with E-state index >= 15 is 0 Å². The molecule has 16 heavy (non-hydrogen) atoms. The van der Waals surface area contributed by atoms with E-state index in [1.54, 1.807) is 0 Å². The number of anilines is 2. The first kappa shape index (κ1) is 12.8. The minimum Gasteiger partial charge on any atom is -0.393 e. The Morgan fingerprint density at radius 3 is 2.69 bits per heavy atom. The minimum absolute atomic E-state index is 0.0525. The Balaban J connectivity index is 2.65. The molecule has 0 aliphatic heterocycles. The Labute approximate surface area is 93.4 Å². The SMILES string of the molecule is Nc1c(Cl)ncnc1NCC(O)C(F)(F)F. The molecule has 9 heteroatoms. The molecule has 1 unspecified atom stereocenters. The molecule has 1 rings (SSSR count). The van der Waals surface area contributed by atoms with E-state index in [1.807, 2.05) is 0 Å². The van der Waals surface area contributed by atoms with Gasteiger partial charge in [0.1, 0.15) is 12.0 Å². The molecule has 0 amide bonds. The summed E-state index contributed by atoms with van der Waals surface area (Å²) in [6.07, 6.45) is -6.15. The van der Waals surface area contributed by atoms with Gasteiger partial charge in [-0.25, -0.2) is 9.97 Å². The third-order valence-corrected chi connectivity index (χ3v) is 1.98. The first-order valence-electron chi connectivity index (χ1n) is 4.07. The molecule has 0 aliphatic carbocycles. The molecule has 0 fully saturated rings. The van der Waals surface area contributed by atoms with E-state index < -0.39 is 18.8 Å². The van der Waals surface area contributed by atoms with Crippen LogP contribution in [0.3, 0.4) is 0 Å². The zero-order chi connectivity index (χ0) is 12.3. The summed E-state index contributed by atoms with van der Waals surface area (Å²) in [6, 6.07) is 0. The highest BCUT2D eigenvalue weighted by Gasteiger charge is 2.38. The molecule has 0 saturated carbocycles. The molecule has 1 aromatic heterocycles. The number of nitrogen functional groups attached to an aromatic ring is 1. The van der Waals surface area contributed by atoms with E-state index in [0.29, 0.717) is 0 Å². The van der Waals surface area contributed by atoms with Crippen molar-refractivity contribution in [2.24, 2.45) is 0 Å².